The average molecular weight is 341 g/mol. The monoisotopic (exact) mass is 341 g/mol. The normalized spacial score (nSPS) is 19.3. The van der Waals surface area contributed by atoms with Crippen molar-refractivity contribution in [2.24, 2.45) is 5.92 Å². The number of rotatable bonds is 3. The molecule has 4 rings (SSSR count). The molecule has 2 aromatic heterocycles. The second-order valence-electron chi connectivity index (χ2n) is 6.55. The molecule has 0 spiro atoms. The minimum Gasteiger partial charge on any atom is -0.393 e. The number of fused-ring (bicyclic) bond motifs is 1. The number of halogens is 1. The van der Waals surface area contributed by atoms with Crippen LogP contribution >= 0.6 is 0 Å². The molecule has 2 atom stereocenters. The van der Waals surface area contributed by atoms with Crippen LogP contribution in [0.1, 0.15) is 19.8 Å². The zero-order chi connectivity index (χ0) is 17.4. The van der Waals surface area contributed by atoms with Crippen molar-refractivity contribution in [3.8, 4) is 11.4 Å². The van der Waals surface area contributed by atoms with E-state index in [2.05, 4.69) is 20.2 Å². The topological polar surface area (TPSA) is 66.5 Å². The molecular weight excluding hydrogens is 321 g/mol. The first-order valence-electron chi connectivity index (χ1n) is 8.54. The van der Waals surface area contributed by atoms with Gasteiger partial charge in [0.15, 0.2) is 11.5 Å². The molecule has 1 aromatic carbocycles. The molecule has 0 saturated carbocycles. The molecule has 1 fully saturated rings. The van der Waals surface area contributed by atoms with Gasteiger partial charge in [-0.2, -0.15) is 4.52 Å². The predicted octanol–water partition coefficient (Wildman–Crippen LogP) is 2.53. The second kappa shape index (κ2) is 6.40. The van der Waals surface area contributed by atoms with E-state index in [0.29, 0.717) is 17.0 Å². The summed E-state index contributed by atoms with van der Waals surface area (Å²) in [6, 6.07) is 10.2. The number of aliphatic hydroxyl groups is 1. The van der Waals surface area contributed by atoms with E-state index in [4.69, 9.17) is 0 Å². The lowest BCUT2D eigenvalue weighted by Crippen LogP contribution is -2.40. The molecule has 1 aliphatic heterocycles. The van der Waals surface area contributed by atoms with E-state index in [-0.39, 0.29) is 17.8 Å². The zero-order valence-electron chi connectivity index (χ0n) is 14.0. The minimum atomic E-state index is -0.351. The third-order valence-corrected chi connectivity index (χ3v) is 4.83. The summed E-state index contributed by atoms with van der Waals surface area (Å²) in [5.74, 6) is 1.06. The Hall–Kier alpha value is -2.54. The van der Waals surface area contributed by atoms with Crippen LogP contribution in [0.25, 0.3) is 17.0 Å². The number of aromatic nitrogens is 4. The van der Waals surface area contributed by atoms with Gasteiger partial charge in [-0.05, 0) is 44.0 Å². The van der Waals surface area contributed by atoms with E-state index in [9.17, 15) is 9.50 Å². The molecule has 3 heterocycles. The van der Waals surface area contributed by atoms with Crippen molar-refractivity contribution >= 4 is 11.5 Å². The van der Waals surface area contributed by atoms with Crippen LogP contribution in [0, 0.1) is 11.7 Å². The summed E-state index contributed by atoms with van der Waals surface area (Å²) >= 11 is 0. The third-order valence-electron chi connectivity index (χ3n) is 4.83. The Morgan fingerprint density at radius 1 is 1.20 bits per heavy atom. The van der Waals surface area contributed by atoms with Gasteiger partial charge in [0.25, 0.3) is 0 Å². The van der Waals surface area contributed by atoms with E-state index in [1.807, 2.05) is 19.1 Å². The van der Waals surface area contributed by atoms with Crippen molar-refractivity contribution in [2.45, 2.75) is 25.9 Å². The fourth-order valence-electron chi connectivity index (χ4n) is 3.37. The standard InChI is InChI=1S/C18H20FN5O/c1-12(25)13-5-4-10-23(11-13)17-9-8-16-20-21-18(24(16)22-17)14-6-2-3-7-15(14)19/h2-3,6-9,12-13,25H,4-5,10-11H2,1H3. The fourth-order valence-corrected chi connectivity index (χ4v) is 3.37. The van der Waals surface area contributed by atoms with Gasteiger partial charge >= 0.3 is 0 Å². The molecule has 0 aliphatic carbocycles. The molecule has 25 heavy (non-hydrogen) atoms. The van der Waals surface area contributed by atoms with Gasteiger partial charge in [-0.3, -0.25) is 0 Å². The SMILES string of the molecule is CC(O)C1CCCN(c2ccc3nnc(-c4ccccc4F)n3n2)C1. The van der Waals surface area contributed by atoms with E-state index in [0.717, 1.165) is 31.7 Å². The maximum absolute atomic E-state index is 14.1. The van der Waals surface area contributed by atoms with Crippen LogP contribution in [-0.4, -0.2) is 44.1 Å². The van der Waals surface area contributed by atoms with Crippen molar-refractivity contribution < 1.29 is 9.50 Å². The molecule has 1 aliphatic rings. The molecular formula is C18H20FN5O. The summed E-state index contributed by atoms with van der Waals surface area (Å²) in [7, 11) is 0. The molecule has 130 valence electrons. The minimum absolute atomic E-state index is 0.234. The molecule has 1 N–H and O–H groups in total. The van der Waals surface area contributed by atoms with Crippen molar-refractivity contribution in [1.29, 1.82) is 0 Å². The first-order valence-corrected chi connectivity index (χ1v) is 8.54. The number of hydrogen-bond donors (Lipinski definition) is 1. The maximum Gasteiger partial charge on any atom is 0.188 e. The largest absolute Gasteiger partial charge is 0.393 e. The molecule has 0 radical (unpaired) electrons. The number of nitrogens with zero attached hydrogens (tertiary/aromatic N) is 5. The van der Waals surface area contributed by atoms with Gasteiger partial charge in [0.2, 0.25) is 0 Å². The lowest BCUT2D eigenvalue weighted by atomic mass is 9.93. The van der Waals surface area contributed by atoms with Gasteiger partial charge in [0.05, 0.1) is 11.7 Å². The Balaban J connectivity index is 1.73. The van der Waals surface area contributed by atoms with Gasteiger partial charge in [0.1, 0.15) is 11.6 Å². The highest BCUT2D eigenvalue weighted by Crippen LogP contribution is 2.26. The lowest BCUT2D eigenvalue weighted by Gasteiger charge is -2.34. The Labute approximate surface area is 144 Å². The van der Waals surface area contributed by atoms with Crippen LogP contribution < -0.4 is 4.90 Å². The van der Waals surface area contributed by atoms with E-state index in [1.54, 1.807) is 22.7 Å². The quantitative estimate of drug-likeness (QED) is 0.793. The van der Waals surface area contributed by atoms with Gasteiger partial charge in [-0.15, -0.1) is 15.3 Å². The highest BCUT2D eigenvalue weighted by Gasteiger charge is 2.25. The molecule has 3 aromatic rings. The number of anilines is 1. The van der Waals surface area contributed by atoms with Crippen LogP contribution in [0.15, 0.2) is 36.4 Å². The van der Waals surface area contributed by atoms with E-state index in [1.165, 1.54) is 6.07 Å². The highest BCUT2D eigenvalue weighted by atomic mass is 19.1. The van der Waals surface area contributed by atoms with Gasteiger partial charge in [-0.25, -0.2) is 4.39 Å². The van der Waals surface area contributed by atoms with Gasteiger partial charge in [0, 0.05) is 19.0 Å². The summed E-state index contributed by atoms with van der Waals surface area (Å²) in [6.07, 6.45) is 1.69. The summed E-state index contributed by atoms with van der Waals surface area (Å²) in [5.41, 5.74) is 0.950. The first kappa shape index (κ1) is 16.0. The Bertz CT molecular complexity index is 894. The van der Waals surface area contributed by atoms with Crippen molar-refractivity contribution in [3.63, 3.8) is 0 Å². The summed E-state index contributed by atoms with van der Waals surface area (Å²) in [6.45, 7) is 3.48. The van der Waals surface area contributed by atoms with E-state index < -0.39 is 0 Å². The van der Waals surface area contributed by atoms with Crippen LogP contribution in [0.2, 0.25) is 0 Å². The number of piperidine rings is 1. The third kappa shape index (κ3) is 2.95. The first-order chi connectivity index (χ1) is 12.1. The van der Waals surface area contributed by atoms with Crippen molar-refractivity contribution in [2.75, 3.05) is 18.0 Å². The molecule has 2 unspecified atom stereocenters. The molecule has 1 saturated heterocycles. The van der Waals surface area contributed by atoms with Crippen LogP contribution in [0.4, 0.5) is 10.2 Å². The zero-order valence-corrected chi connectivity index (χ0v) is 14.0. The highest BCUT2D eigenvalue weighted by molar-refractivity contribution is 5.60. The maximum atomic E-state index is 14.1. The lowest BCUT2D eigenvalue weighted by molar-refractivity contribution is 0.115. The van der Waals surface area contributed by atoms with Crippen LogP contribution in [0.3, 0.4) is 0 Å². The summed E-state index contributed by atoms with van der Waals surface area (Å²) in [5, 5.41) is 22.7. The molecule has 7 heteroatoms. The summed E-state index contributed by atoms with van der Waals surface area (Å²) in [4.78, 5) is 2.16. The van der Waals surface area contributed by atoms with Gasteiger partial charge < -0.3 is 10.0 Å². The smallest absolute Gasteiger partial charge is 0.188 e. The Morgan fingerprint density at radius 2 is 2.04 bits per heavy atom. The number of hydrogen-bond acceptors (Lipinski definition) is 5. The Morgan fingerprint density at radius 3 is 2.84 bits per heavy atom. The predicted molar refractivity (Wildman–Crippen MR) is 92.8 cm³/mol. The van der Waals surface area contributed by atoms with Crippen LogP contribution in [0.5, 0.6) is 0 Å². The van der Waals surface area contributed by atoms with Crippen LogP contribution in [-0.2, 0) is 0 Å². The van der Waals surface area contributed by atoms with Crippen molar-refractivity contribution in [3.05, 3.63) is 42.2 Å². The average Bonchev–Trinajstić information content (AvgIpc) is 3.05. The fraction of sp³-hybridized carbons (Fsp3) is 0.389. The van der Waals surface area contributed by atoms with Gasteiger partial charge in [-0.1, -0.05) is 12.1 Å². The second-order valence-corrected chi connectivity index (χ2v) is 6.55. The number of aliphatic hydroxyl groups excluding tert-OH is 1. The Kier molecular flexibility index (Phi) is 4.09. The molecule has 0 bridgehead atoms. The summed E-state index contributed by atoms with van der Waals surface area (Å²) < 4.78 is 15.7. The molecule has 6 nitrogen and oxygen atoms in total. The van der Waals surface area contributed by atoms with E-state index >= 15 is 0 Å². The van der Waals surface area contributed by atoms with Crippen molar-refractivity contribution in [1.82, 2.24) is 19.8 Å². The molecule has 0 amide bonds. The number of benzene rings is 1.